The van der Waals surface area contributed by atoms with E-state index in [1.807, 2.05) is 53.5 Å². The number of benzene rings is 1. The summed E-state index contributed by atoms with van der Waals surface area (Å²) >= 11 is 0. The van der Waals surface area contributed by atoms with Crippen molar-refractivity contribution >= 4 is 0 Å². The number of aromatic nitrogens is 5. The summed E-state index contributed by atoms with van der Waals surface area (Å²) in [7, 11) is 0. The fourth-order valence-corrected chi connectivity index (χ4v) is 2.01. The zero-order chi connectivity index (χ0) is 13.8. The number of nitrogens with zero attached hydrogens (tertiary/aromatic N) is 5. The van der Waals surface area contributed by atoms with Gasteiger partial charge in [0.05, 0.1) is 23.6 Å². The van der Waals surface area contributed by atoms with Crippen LogP contribution in [-0.4, -0.2) is 31.3 Å². The third kappa shape index (κ3) is 2.75. The van der Waals surface area contributed by atoms with Crippen LogP contribution in [0.3, 0.4) is 0 Å². The maximum atomic E-state index is 5.50. The molecule has 0 aliphatic carbocycles. The van der Waals surface area contributed by atoms with Gasteiger partial charge in [-0.3, -0.25) is 0 Å². The fourth-order valence-electron chi connectivity index (χ4n) is 2.01. The number of para-hydroxylation sites is 1. The van der Waals surface area contributed by atoms with Crippen molar-refractivity contribution in [2.24, 2.45) is 5.73 Å². The molecule has 3 rings (SSSR count). The lowest BCUT2D eigenvalue weighted by atomic mass is 10.3. The molecule has 0 saturated carbocycles. The molecule has 0 radical (unpaired) electrons. The number of hydrogen-bond acceptors (Lipinski definition) is 4. The van der Waals surface area contributed by atoms with E-state index in [-0.39, 0.29) is 0 Å². The minimum absolute atomic E-state index is 0.585. The van der Waals surface area contributed by atoms with E-state index >= 15 is 0 Å². The summed E-state index contributed by atoms with van der Waals surface area (Å²) in [4.78, 5) is 0. The molecule has 20 heavy (non-hydrogen) atoms. The van der Waals surface area contributed by atoms with Crippen LogP contribution in [0.2, 0.25) is 0 Å². The Morgan fingerprint density at radius 3 is 2.70 bits per heavy atom. The van der Waals surface area contributed by atoms with Crippen molar-refractivity contribution in [1.29, 1.82) is 0 Å². The second-order valence-electron chi connectivity index (χ2n) is 4.53. The van der Waals surface area contributed by atoms with Crippen LogP contribution in [0, 0.1) is 0 Å². The highest BCUT2D eigenvalue weighted by molar-refractivity contribution is 5.30. The Labute approximate surface area is 116 Å². The molecule has 0 unspecified atom stereocenters. The molecule has 0 spiro atoms. The Morgan fingerprint density at radius 1 is 1.05 bits per heavy atom. The van der Waals surface area contributed by atoms with Crippen LogP contribution in [0.15, 0.2) is 48.8 Å². The van der Waals surface area contributed by atoms with Crippen molar-refractivity contribution in [2.45, 2.75) is 13.0 Å². The van der Waals surface area contributed by atoms with E-state index in [4.69, 9.17) is 5.73 Å². The van der Waals surface area contributed by atoms with Gasteiger partial charge in [0, 0.05) is 18.8 Å². The molecular formula is C14H16N6. The standard InChI is InChI=1S/C14H16N6/c15-8-6-12-10-19(18-16-12)11-13-7-9-20(17-13)14-4-2-1-3-5-14/h1-5,7,9-10H,6,8,11,15H2. The van der Waals surface area contributed by atoms with Crippen LogP contribution in [0.5, 0.6) is 0 Å². The highest BCUT2D eigenvalue weighted by Crippen LogP contribution is 2.07. The maximum absolute atomic E-state index is 5.50. The lowest BCUT2D eigenvalue weighted by Crippen LogP contribution is -2.03. The van der Waals surface area contributed by atoms with Crippen molar-refractivity contribution in [3.05, 3.63) is 60.2 Å². The Balaban J connectivity index is 1.73. The molecule has 2 aromatic heterocycles. The van der Waals surface area contributed by atoms with Gasteiger partial charge in [-0.2, -0.15) is 5.10 Å². The van der Waals surface area contributed by atoms with Crippen LogP contribution in [0.25, 0.3) is 5.69 Å². The van der Waals surface area contributed by atoms with Gasteiger partial charge in [0.1, 0.15) is 0 Å². The van der Waals surface area contributed by atoms with Gasteiger partial charge in [-0.15, -0.1) is 5.10 Å². The van der Waals surface area contributed by atoms with Gasteiger partial charge < -0.3 is 5.73 Å². The average Bonchev–Trinajstić information content (AvgIpc) is 3.11. The van der Waals surface area contributed by atoms with Crippen molar-refractivity contribution in [2.75, 3.05) is 6.54 Å². The first-order chi connectivity index (χ1) is 9.85. The van der Waals surface area contributed by atoms with Gasteiger partial charge in [0.25, 0.3) is 0 Å². The second kappa shape index (κ2) is 5.66. The lowest BCUT2D eigenvalue weighted by Gasteiger charge is -2.00. The number of nitrogens with two attached hydrogens (primary N) is 1. The molecule has 6 nitrogen and oxygen atoms in total. The van der Waals surface area contributed by atoms with Crippen LogP contribution >= 0.6 is 0 Å². The van der Waals surface area contributed by atoms with E-state index in [0.717, 1.165) is 23.5 Å². The van der Waals surface area contributed by atoms with E-state index in [2.05, 4.69) is 15.4 Å². The van der Waals surface area contributed by atoms with Crippen LogP contribution in [0.1, 0.15) is 11.4 Å². The Morgan fingerprint density at radius 2 is 1.90 bits per heavy atom. The van der Waals surface area contributed by atoms with Gasteiger partial charge in [-0.25, -0.2) is 9.36 Å². The van der Waals surface area contributed by atoms with Crippen molar-refractivity contribution < 1.29 is 0 Å². The molecule has 3 aromatic rings. The first-order valence-corrected chi connectivity index (χ1v) is 6.54. The molecule has 0 atom stereocenters. The summed E-state index contributed by atoms with van der Waals surface area (Å²) in [6.45, 7) is 1.19. The predicted molar refractivity (Wildman–Crippen MR) is 75.4 cm³/mol. The van der Waals surface area contributed by atoms with Gasteiger partial charge in [0.2, 0.25) is 0 Å². The highest BCUT2D eigenvalue weighted by Gasteiger charge is 2.04. The molecule has 102 valence electrons. The van der Waals surface area contributed by atoms with Crippen molar-refractivity contribution in [1.82, 2.24) is 24.8 Å². The number of hydrogen-bond donors (Lipinski definition) is 1. The molecule has 0 amide bonds. The van der Waals surface area contributed by atoms with E-state index < -0.39 is 0 Å². The first-order valence-electron chi connectivity index (χ1n) is 6.54. The molecule has 6 heteroatoms. The predicted octanol–water partition coefficient (Wildman–Crippen LogP) is 1.01. The van der Waals surface area contributed by atoms with E-state index in [1.165, 1.54) is 0 Å². The first kappa shape index (κ1) is 12.6. The third-order valence-electron chi connectivity index (χ3n) is 2.98. The highest BCUT2D eigenvalue weighted by atomic mass is 15.4. The van der Waals surface area contributed by atoms with Gasteiger partial charge in [-0.1, -0.05) is 23.4 Å². The minimum atomic E-state index is 0.585. The Bertz CT molecular complexity index is 670. The second-order valence-corrected chi connectivity index (χ2v) is 4.53. The average molecular weight is 268 g/mol. The zero-order valence-corrected chi connectivity index (χ0v) is 11.1. The van der Waals surface area contributed by atoms with Crippen LogP contribution in [0.4, 0.5) is 0 Å². The number of rotatable bonds is 5. The summed E-state index contributed by atoms with van der Waals surface area (Å²) in [6, 6.07) is 12.0. The van der Waals surface area contributed by atoms with Gasteiger partial charge in [0.15, 0.2) is 0 Å². The quantitative estimate of drug-likeness (QED) is 0.749. The molecule has 0 fully saturated rings. The molecule has 0 bridgehead atoms. The van der Waals surface area contributed by atoms with E-state index in [1.54, 1.807) is 4.68 Å². The molecular weight excluding hydrogens is 252 g/mol. The molecule has 0 saturated heterocycles. The summed E-state index contributed by atoms with van der Waals surface area (Å²) in [5.74, 6) is 0. The Hall–Kier alpha value is -2.47. The molecule has 0 aliphatic heterocycles. The van der Waals surface area contributed by atoms with Crippen LogP contribution < -0.4 is 5.73 Å². The zero-order valence-electron chi connectivity index (χ0n) is 11.1. The van der Waals surface area contributed by atoms with Crippen molar-refractivity contribution in [3.8, 4) is 5.69 Å². The normalized spacial score (nSPS) is 10.8. The molecule has 0 aliphatic rings. The van der Waals surface area contributed by atoms with E-state index in [9.17, 15) is 0 Å². The van der Waals surface area contributed by atoms with E-state index in [0.29, 0.717) is 13.1 Å². The lowest BCUT2D eigenvalue weighted by molar-refractivity contribution is 0.631. The summed E-state index contributed by atoms with van der Waals surface area (Å²) in [5, 5.41) is 12.7. The van der Waals surface area contributed by atoms with Gasteiger partial charge >= 0.3 is 0 Å². The summed E-state index contributed by atoms with van der Waals surface area (Å²) in [6.07, 6.45) is 4.61. The van der Waals surface area contributed by atoms with Crippen molar-refractivity contribution in [3.63, 3.8) is 0 Å². The maximum Gasteiger partial charge on any atom is 0.0867 e. The molecule has 2 heterocycles. The SMILES string of the molecule is NCCc1cn(Cc2ccn(-c3ccccc3)n2)nn1. The topological polar surface area (TPSA) is 74.5 Å². The third-order valence-corrected chi connectivity index (χ3v) is 2.98. The fraction of sp³-hybridized carbons (Fsp3) is 0.214. The summed E-state index contributed by atoms with van der Waals surface area (Å²) < 4.78 is 3.63. The largest absolute Gasteiger partial charge is 0.330 e. The monoisotopic (exact) mass is 268 g/mol. The summed E-state index contributed by atoms with van der Waals surface area (Å²) in [5.41, 5.74) is 8.39. The molecule has 1 aromatic carbocycles. The van der Waals surface area contributed by atoms with Gasteiger partial charge in [-0.05, 0) is 24.7 Å². The minimum Gasteiger partial charge on any atom is -0.330 e. The van der Waals surface area contributed by atoms with Crippen LogP contribution in [-0.2, 0) is 13.0 Å². The Kier molecular flexibility index (Phi) is 3.56. The smallest absolute Gasteiger partial charge is 0.0867 e. The molecule has 2 N–H and O–H groups in total.